The van der Waals surface area contributed by atoms with Gasteiger partial charge in [0.25, 0.3) is 0 Å². The second kappa shape index (κ2) is 6.50. The maximum absolute atomic E-state index is 13.0. The van der Waals surface area contributed by atoms with E-state index in [2.05, 4.69) is 9.97 Å². The van der Waals surface area contributed by atoms with Gasteiger partial charge in [-0.25, -0.2) is 9.97 Å². The number of phenols is 1. The Morgan fingerprint density at radius 1 is 1.14 bits per heavy atom. The monoisotopic (exact) mass is 403 g/mol. The zero-order valence-electron chi connectivity index (χ0n) is 14.1. The molecule has 0 fully saturated rings. The first-order chi connectivity index (χ1) is 12.9. The maximum Gasteiger partial charge on any atom is 0.419 e. The lowest BCUT2D eigenvalue weighted by Crippen LogP contribution is -2.13. The summed E-state index contributed by atoms with van der Waals surface area (Å²) in [5.41, 5.74) is -3.28. The second-order valence-corrected chi connectivity index (χ2v) is 5.83. The number of rotatable bonds is 3. The zero-order chi connectivity index (χ0) is 20.9. The molecule has 0 atom stereocenters. The normalized spacial score (nSPS) is 12.5. The molecular formula is C17H11F6N3O2. The molecule has 28 heavy (non-hydrogen) atoms. The van der Waals surface area contributed by atoms with Crippen LogP contribution in [0.5, 0.6) is 5.75 Å². The van der Waals surface area contributed by atoms with Gasteiger partial charge < -0.3 is 5.11 Å². The van der Waals surface area contributed by atoms with Crippen LogP contribution in [-0.2, 0) is 18.8 Å². The van der Waals surface area contributed by atoms with E-state index in [1.54, 1.807) is 6.92 Å². The lowest BCUT2D eigenvalue weighted by molar-refractivity contribution is -0.139. The molecule has 148 valence electrons. The Kier molecular flexibility index (Phi) is 4.56. The number of hydrogen-bond acceptors (Lipinski definition) is 4. The molecule has 1 N–H and O–H groups in total. The van der Waals surface area contributed by atoms with Crippen LogP contribution in [0.4, 0.5) is 26.3 Å². The van der Waals surface area contributed by atoms with Crippen LogP contribution in [0.2, 0.25) is 0 Å². The number of aryl methyl sites for hydroxylation is 1. The topological polar surface area (TPSA) is 67.5 Å². The number of aromatic nitrogens is 3. The summed E-state index contributed by atoms with van der Waals surface area (Å²) in [5, 5.41) is 9.40. The molecule has 3 aromatic rings. The Labute approximate surface area is 153 Å². The first-order valence-electron chi connectivity index (χ1n) is 7.82. The van der Waals surface area contributed by atoms with Crippen LogP contribution in [0.3, 0.4) is 0 Å². The predicted molar refractivity (Wildman–Crippen MR) is 83.9 cm³/mol. The third-order valence-electron chi connectivity index (χ3n) is 3.99. The van der Waals surface area contributed by atoms with Gasteiger partial charge in [-0.1, -0.05) is 6.92 Å². The van der Waals surface area contributed by atoms with Gasteiger partial charge in [0.05, 0.1) is 16.8 Å². The summed E-state index contributed by atoms with van der Waals surface area (Å²) < 4.78 is 78.7. The quantitative estimate of drug-likeness (QED) is 0.524. The molecule has 0 bridgehead atoms. The summed E-state index contributed by atoms with van der Waals surface area (Å²) in [7, 11) is 0. The molecule has 11 heteroatoms. The van der Waals surface area contributed by atoms with Crippen molar-refractivity contribution in [3.63, 3.8) is 0 Å². The summed E-state index contributed by atoms with van der Waals surface area (Å²) in [4.78, 5) is 20.4. The van der Waals surface area contributed by atoms with Crippen molar-refractivity contribution in [3.05, 3.63) is 58.7 Å². The molecule has 0 radical (unpaired) electrons. The molecule has 2 heterocycles. The second-order valence-electron chi connectivity index (χ2n) is 5.83. The summed E-state index contributed by atoms with van der Waals surface area (Å²) in [5.74, 6) is -2.24. The van der Waals surface area contributed by atoms with Gasteiger partial charge in [-0.15, -0.1) is 0 Å². The summed E-state index contributed by atoms with van der Waals surface area (Å²) in [6.07, 6.45) is -8.35. The van der Waals surface area contributed by atoms with E-state index in [0.717, 1.165) is 10.5 Å². The van der Waals surface area contributed by atoms with E-state index in [1.807, 2.05) is 0 Å². The molecule has 0 unspecified atom stereocenters. The van der Waals surface area contributed by atoms with E-state index in [1.165, 1.54) is 0 Å². The lowest BCUT2D eigenvalue weighted by atomic mass is 10.0. The number of fused-ring (bicyclic) bond motifs is 1. The van der Waals surface area contributed by atoms with Crippen LogP contribution >= 0.6 is 0 Å². The molecule has 0 aliphatic heterocycles. The Hall–Kier alpha value is -3.11. The van der Waals surface area contributed by atoms with Crippen molar-refractivity contribution < 1.29 is 36.2 Å². The fourth-order valence-electron chi connectivity index (χ4n) is 2.65. The van der Waals surface area contributed by atoms with Crippen molar-refractivity contribution in [2.24, 2.45) is 0 Å². The molecule has 2 aromatic heterocycles. The van der Waals surface area contributed by atoms with E-state index in [-0.39, 0.29) is 23.6 Å². The van der Waals surface area contributed by atoms with Crippen LogP contribution in [0.15, 0.2) is 30.6 Å². The summed E-state index contributed by atoms with van der Waals surface area (Å²) in [6.45, 7) is 1.58. The largest absolute Gasteiger partial charge is 0.507 e. The fraction of sp³-hybridized carbons (Fsp3) is 0.235. The Morgan fingerprint density at radius 2 is 1.82 bits per heavy atom. The number of alkyl halides is 6. The molecule has 1 aromatic carbocycles. The van der Waals surface area contributed by atoms with Crippen LogP contribution in [0.1, 0.15) is 39.8 Å². The van der Waals surface area contributed by atoms with Gasteiger partial charge >= 0.3 is 12.4 Å². The molecular weight excluding hydrogens is 392 g/mol. The third kappa shape index (κ3) is 3.39. The number of hydrogen-bond donors (Lipinski definition) is 1. The predicted octanol–water partition coefficient (Wildman–Crippen LogP) is 4.27. The third-order valence-corrected chi connectivity index (χ3v) is 3.99. The number of aromatic hydroxyl groups is 1. The molecule has 0 aliphatic carbocycles. The van der Waals surface area contributed by atoms with E-state index in [0.29, 0.717) is 24.5 Å². The Bertz CT molecular complexity index is 1070. The summed E-state index contributed by atoms with van der Waals surface area (Å²) in [6, 6.07) is 2.09. The van der Waals surface area contributed by atoms with E-state index >= 15 is 0 Å². The first kappa shape index (κ1) is 19.6. The minimum Gasteiger partial charge on any atom is -0.507 e. The fourth-order valence-corrected chi connectivity index (χ4v) is 2.65. The average Bonchev–Trinajstić information content (AvgIpc) is 2.97. The maximum atomic E-state index is 13.0. The van der Waals surface area contributed by atoms with Crippen molar-refractivity contribution in [2.45, 2.75) is 25.7 Å². The van der Waals surface area contributed by atoms with Gasteiger partial charge in [0.2, 0.25) is 11.6 Å². The van der Waals surface area contributed by atoms with E-state index in [9.17, 15) is 36.2 Å². The molecule has 3 rings (SSSR count). The smallest absolute Gasteiger partial charge is 0.419 e. The van der Waals surface area contributed by atoms with Crippen LogP contribution in [-0.4, -0.2) is 25.3 Å². The molecule has 0 spiro atoms. The number of nitrogens with zero attached hydrogens (tertiary/aromatic N) is 3. The van der Waals surface area contributed by atoms with Gasteiger partial charge in [-0.05, 0) is 24.6 Å². The highest BCUT2D eigenvalue weighted by Gasteiger charge is 2.35. The highest BCUT2D eigenvalue weighted by Crippen LogP contribution is 2.36. The number of benzene rings is 1. The van der Waals surface area contributed by atoms with Crippen LogP contribution in [0.25, 0.3) is 5.78 Å². The molecule has 5 nitrogen and oxygen atoms in total. The number of imidazole rings is 1. The van der Waals surface area contributed by atoms with Crippen LogP contribution in [0, 0.1) is 0 Å². The van der Waals surface area contributed by atoms with Gasteiger partial charge in [-0.3, -0.25) is 9.20 Å². The average molecular weight is 403 g/mol. The molecule has 0 amide bonds. The number of phenolic OH excluding ortho intramolecular Hbond substituents is 1. The highest BCUT2D eigenvalue weighted by molar-refractivity contribution is 6.09. The number of halogens is 6. The van der Waals surface area contributed by atoms with Gasteiger partial charge in [0.1, 0.15) is 11.4 Å². The van der Waals surface area contributed by atoms with Crippen molar-refractivity contribution in [2.75, 3.05) is 0 Å². The number of ketones is 1. The van der Waals surface area contributed by atoms with Crippen molar-refractivity contribution >= 4 is 11.6 Å². The Morgan fingerprint density at radius 3 is 2.39 bits per heavy atom. The van der Waals surface area contributed by atoms with Crippen LogP contribution < -0.4 is 0 Å². The molecule has 0 saturated heterocycles. The van der Waals surface area contributed by atoms with Gasteiger partial charge in [0, 0.05) is 18.0 Å². The SMILES string of the molecule is CCc1nc2ncc(C(F)(F)F)cn2c1C(=O)c1ccc(O)c(C(F)(F)F)c1. The number of carbonyl (C=O) groups is 1. The Balaban J connectivity index is 2.21. The first-order valence-corrected chi connectivity index (χ1v) is 7.82. The standard InChI is InChI=1S/C17H11F6N3O2/c1-2-11-13(26-7-9(16(18,19)20)6-24-15(26)25-11)14(28)8-3-4-12(27)10(5-8)17(21,22)23/h3-7,27H,2H2,1H3. The van der Waals surface area contributed by atoms with Gasteiger partial charge in [0.15, 0.2) is 0 Å². The van der Waals surface area contributed by atoms with E-state index < -0.39 is 40.6 Å². The lowest BCUT2D eigenvalue weighted by Gasteiger charge is -2.11. The minimum atomic E-state index is -4.92. The molecule has 0 aliphatic rings. The van der Waals surface area contributed by atoms with Crippen molar-refractivity contribution in [3.8, 4) is 5.75 Å². The van der Waals surface area contributed by atoms with Gasteiger partial charge in [-0.2, -0.15) is 26.3 Å². The summed E-state index contributed by atoms with van der Waals surface area (Å²) >= 11 is 0. The zero-order valence-corrected chi connectivity index (χ0v) is 14.1. The highest BCUT2D eigenvalue weighted by atomic mass is 19.4. The number of carbonyl (C=O) groups excluding carboxylic acids is 1. The minimum absolute atomic E-state index is 0.0819. The van der Waals surface area contributed by atoms with Crippen molar-refractivity contribution in [1.29, 1.82) is 0 Å². The molecule has 0 saturated carbocycles. The van der Waals surface area contributed by atoms with E-state index in [4.69, 9.17) is 0 Å². The van der Waals surface area contributed by atoms with Crippen molar-refractivity contribution in [1.82, 2.24) is 14.4 Å².